The standard InChI is InChI=1S/C31H32N6O2/c1-36-19-33-35-29(36)25-6-3-2-5-24(25)23-14-27(21-9-10-21)34-28(15-23)37-17-22-8-7-20(13-26(22)30(37)38)16-32-18-31(39)11-4-12-31/h2-3,5-8,13-15,19,21,32,39H,4,9-12,16-18H2,1H3. The number of fused-ring (bicyclic) bond motifs is 1. The third-order valence-electron chi connectivity index (χ3n) is 8.34. The quantitative estimate of drug-likeness (QED) is 0.353. The third kappa shape index (κ3) is 4.53. The average molecular weight is 521 g/mol. The summed E-state index contributed by atoms with van der Waals surface area (Å²) < 4.78 is 1.92. The Kier molecular flexibility index (Phi) is 5.82. The Morgan fingerprint density at radius 1 is 1.05 bits per heavy atom. The van der Waals surface area contributed by atoms with E-state index in [0.717, 1.165) is 77.0 Å². The van der Waals surface area contributed by atoms with Crippen LogP contribution in [0.3, 0.4) is 0 Å². The maximum atomic E-state index is 13.7. The average Bonchev–Trinajstić information content (AvgIpc) is 3.63. The minimum Gasteiger partial charge on any atom is -0.389 e. The maximum Gasteiger partial charge on any atom is 0.260 e. The molecule has 2 N–H and O–H groups in total. The summed E-state index contributed by atoms with van der Waals surface area (Å²) in [6.07, 6.45) is 6.76. The second kappa shape index (κ2) is 9.39. The normalized spacial score (nSPS) is 17.8. The summed E-state index contributed by atoms with van der Waals surface area (Å²) in [5.41, 5.74) is 6.34. The molecule has 3 heterocycles. The first kappa shape index (κ1) is 24.2. The molecule has 0 spiro atoms. The van der Waals surface area contributed by atoms with E-state index in [4.69, 9.17) is 4.98 Å². The highest BCUT2D eigenvalue weighted by molar-refractivity contribution is 6.10. The number of pyridine rings is 1. The monoisotopic (exact) mass is 520 g/mol. The molecule has 2 aliphatic carbocycles. The second-order valence-corrected chi connectivity index (χ2v) is 11.3. The van der Waals surface area contributed by atoms with Crippen molar-refractivity contribution in [1.82, 2.24) is 25.1 Å². The molecule has 8 heteroatoms. The van der Waals surface area contributed by atoms with Gasteiger partial charge in [0.1, 0.15) is 12.1 Å². The summed E-state index contributed by atoms with van der Waals surface area (Å²) in [5.74, 6) is 1.91. The van der Waals surface area contributed by atoms with Gasteiger partial charge >= 0.3 is 0 Å². The zero-order chi connectivity index (χ0) is 26.6. The summed E-state index contributed by atoms with van der Waals surface area (Å²) in [6, 6.07) is 18.5. The Bertz CT molecular complexity index is 1570. The number of amides is 1. The van der Waals surface area contributed by atoms with Crippen molar-refractivity contribution in [3.05, 3.63) is 83.3 Å². The minimum atomic E-state index is -0.565. The molecule has 0 radical (unpaired) electrons. The van der Waals surface area contributed by atoms with Crippen molar-refractivity contribution < 1.29 is 9.90 Å². The fourth-order valence-electron chi connectivity index (χ4n) is 5.72. The molecule has 8 nitrogen and oxygen atoms in total. The maximum absolute atomic E-state index is 13.7. The van der Waals surface area contributed by atoms with E-state index in [1.807, 2.05) is 35.9 Å². The van der Waals surface area contributed by atoms with Gasteiger partial charge in [0.15, 0.2) is 5.82 Å². The second-order valence-electron chi connectivity index (χ2n) is 11.3. The molecule has 0 atom stereocenters. The lowest BCUT2D eigenvalue weighted by molar-refractivity contribution is -0.0314. The van der Waals surface area contributed by atoms with Gasteiger partial charge < -0.3 is 15.0 Å². The van der Waals surface area contributed by atoms with Crippen LogP contribution in [0.25, 0.3) is 22.5 Å². The summed E-state index contributed by atoms with van der Waals surface area (Å²) in [4.78, 5) is 20.5. The van der Waals surface area contributed by atoms with E-state index >= 15 is 0 Å². The molecule has 2 saturated carbocycles. The van der Waals surface area contributed by atoms with Crippen molar-refractivity contribution in [2.45, 2.75) is 56.7 Å². The van der Waals surface area contributed by atoms with Gasteiger partial charge in [-0.15, -0.1) is 10.2 Å². The first-order chi connectivity index (χ1) is 19.0. The summed E-state index contributed by atoms with van der Waals surface area (Å²) >= 11 is 0. The van der Waals surface area contributed by atoms with Gasteiger partial charge in [0.25, 0.3) is 5.91 Å². The van der Waals surface area contributed by atoms with Crippen molar-refractivity contribution in [2.24, 2.45) is 7.05 Å². The van der Waals surface area contributed by atoms with Gasteiger partial charge in [-0.1, -0.05) is 36.4 Å². The first-order valence-electron chi connectivity index (χ1n) is 13.8. The molecule has 7 rings (SSSR count). The van der Waals surface area contributed by atoms with Crippen LogP contribution in [0.4, 0.5) is 5.82 Å². The van der Waals surface area contributed by atoms with E-state index < -0.39 is 5.60 Å². The van der Waals surface area contributed by atoms with Crippen LogP contribution in [0, 0.1) is 0 Å². The summed E-state index contributed by atoms with van der Waals surface area (Å²) in [5, 5.41) is 22.2. The highest BCUT2D eigenvalue weighted by atomic mass is 16.3. The lowest BCUT2D eigenvalue weighted by Gasteiger charge is -2.36. The van der Waals surface area contributed by atoms with Crippen molar-refractivity contribution >= 4 is 11.7 Å². The van der Waals surface area contributed by atoms with Gasteiger partial charge in [-0.05, 0) is 72.6 Å². The SMILES string of the molecule is Cn1cnnc1-c1ccccc1-c1cc(C2CC2)nc(N2Cc3ccc(CNCC4(O)CCC4)cc3C2=O)c1. The Hall–Kier alpha value is -3.88. The molecule has 2 aromatic carbocycles. The van der Waals surface area contributed by atoms with Crippen LogP contribution in [0.5, 0.6) is 0 Å². The number of benzene rings is 2. The molecule has 198 valence electrons. The van der Waals surface area contributed by atoms with Crippen LogP contribution in [0.1, 0.15) is 65.2 Å². The van der Waals surface area contributed by atoms with E-state index in [1.54, 1.807) is 11.2 Å². The third-order valence-corrected chi connectivity index (χ3v) is 8.34. The fourth-order valence-corrected chi connectivity index (χ4v) is 5.72. The van der Waals surface area contributed by atoms with Crippen LogP contribution in [0.2, 0.25) is 0 Å². The predicted molar refractivity (Wildman–Crippen MR) is 149 cm³/mol. The van der Waals surface area contributed by atoms with Gasteiger partial charge in [0, 0.05) is 42.9 Å². The Labute approximate surface area is 227 Å². The Balaban J connectivity index is 1.19. The molecule has 3 aliphatic rings. The highest BCUT2D eigenvalue weighted by Gasteiger charge is 2.34. The molecule has 0 bridgehead atoms. The smallest absolute Gasteiger partial charge is 0.260 e. The largest absolute Gasteiger partial charge is 0.389 e. The number of anilines is 1. The van der Waals surface area contributed by atoms with E-state index in [1.165, 1.54) is 0 Å². The predicted octanol–water partition coefficient (Wildman–Crippen LogP) is 4.59. The summed E-state index contributed by atoms with van der Waals surface area (Å²) in [6.45, 7) is 1.72. The van der Waals surface area contributed by atoms with Gasteiger partial charge in [0.05, 0.1) is 12.1 Å². The van der Waals surface area contributed by atoms with E-state index in [-0.39, 0.29) is 5.91 Å². The molecular weight excluding hydrogens is 488 g/mol. The van der Waals surface area contributed by atoms with Crippen molar-refractivity contribution in [2.75, 3.05) is 11.4 Å². The fraction of sp³-hybridized carbons (Fsp3) is 0.355. The molecule has 1 aliphatic heterocycles. The molecular formula is C31H32N6O2. The van der Waals surface area contributed by atoms with Crippen LogP contribution < -0.4 is 10.2 Å². The number of aryl methyl sites for hydroxylation is 1. The topological polar surface area (TPSA) is 96.2 Å². The molecule has 39 heavy (non-hydrogen) atoms. The minimum absolute atomic E-state index is 0.0162. The highest BCUT2D eigenvalue weighted by Crippen LogP contribution is 2.43. The Morgan fingerprint density at radius 3 is 2.59 bits per heavy atom. The number of hydrogen-bond donors (Lipinski definition) is 2. The number of rotatable bonds is 8. The van der Waals surface area contributed by atoms with E-state index in [0.29, 0.717) is 31.4 Å². The number of nitrogens with one attached hydrogen (secondary N) is 1. The van der Waals surface area contributed by atoms with E-state index in [2.05, 4.69) is 45.8 Å². The van der Waals surface area contributed by atoms with Gasteiger partial charge in [-0.3, -0.25) is 9.69 Å². The van der Waals surface area contributed by atoms with Crippen LogP contribution in [-0.4, -0.2) is 42.9 Å². The summed E-state index contributed by atoms with van der Waals surface area (Å²) in [7, 11) is 1.94. The molecule has 4 aromatic rings. The molecule has 1 amide bonds. The molecule has 2 aromatic heterocycles. The molecule has 0 saturated heterocycles. The number of nitrogens with zero attached hydrogens (tertiary/aromatic N) is 5. The number of carbonyl (C=O) groups is 1. The number of hydrogen-bond acceptors (Lipinski definition) is 6. The Morgan fingerprint density at radius 2 is 1.87 bits per heavy atom. The van der Waals surface area contributed by atoms with Gasteiger partial charge in [-0.25, -0.2) is 4.98 Å². The molecule has 0 unspecified atom stereocenters. The van der Waals surface area contributed by atoms with Crippen LogP contribution in [0.15, 0.2) is 60.9 Å². The number of carbonyl (C=O) groups excluding carboxylic acids is 1. The van der Waals surface area contributed by atoms with Gasteiger partial charge in [-0.2, -0.15) is 0 Å². The lowest BCUT2D eigenvalue weighted by Crippen LogP contribution is -2.45. The van der Waals surface area contributed by atoms with Crippen molar-refractivity contribution in [1.29, 1.82) is 0 Å². The van der Waals surface area contributed by atoms with Crippen molar-refractivity contribution in [3.63, 3.8) is 0 Å². The van der Waals surface area contributed by atoms with Crippen molar-refractivity contribution in [3.8, 4) is 22.5 Å². The number of aliphatic hydroxyl groups is 1. The lowest BCUT2D eigenvalue weighted by atomic mass is 9.80. The van der Waals surface area contributed by atoms with E-state index in [9.17, 15) is 9.90 Å². The van der Waals surface area contributed by atoms with Crippen LogP contribution >= 0.6 is 0 Å². The zero-order valence-electron chi connectivity index (χ0n) is 22.1. The molecule has 2 fully saturated rings. The van der Waals surface area contributed by atoms with Gasteiger partial charge in [0.2, 0.25) is 0 Å². The zero-order valence-corrected chi connectivity index (χ0v) is 22.1. The number of aromatic nitrogens is 4. The van der Waals surface area contributed by atoms with Crippen LogP contribution in [-0.2, 0) is 20.1 Å². The first-order valence-corrected chi connectivity index (χ1v) is 13.8.